The molecule has 3 nitrogen and oxygen atoms in total. The van der Waals surface area contributed by atoms with E-state index < -0.39 is 0 Å². The van der Waals surface area contributed by atoms with Crippen molar-refractivity contribution in [1.82, 2.24) is 15.3 Å². The molecule has 1 unspecified atom stereocenters. The van der Waals surface area contributed by atoms with Gasteiger partial charge in [-0.05, 0) is 38.6 Å². The van der Waals surface area contributed by atoms with Gasteiger partial charge < -0.3 is 5.32 Å². The third-order valence-corrected chi connectivity index (χ3v) is 6.05. The maximum absolute atomic E-state index is 4.86. The van der Waals surface area contributed by atoms with Crippen LogP contribution >= 0.6 is 11.8 Å². The van der Waals surface area contributed by atoms with E-state index in [-0.39, 0.29) is 0 Å². The summed E-state index contributed by atoms with van der Waals surface area (Å²) in [5.74, 6) is 2.03. The van der Waals surface area contributed by atoms with Gasteiger partial charge in [-0.2, -0.15) is 11.8 Å². The zero-order valence-electron chi connectivity index (χ0n) is 13.1. The predicted octanol–water partition coefficient (Wildman–Crippen LogP) is 4.03. The summed E-state index contributed by atoms with van der Waals surface area (Å²) >= 11 is 2.07. The Bertz CT molecular complexity index is 457. The van der Waals surface area contributed by atoms with Crippen LogP contribution in [0.25, 0.3) is 0 Å². The Morgan fingerprint density at radius 3 is 2.86 bits per heavy atom. The quantitative estimate of drug-likeness (QED) is 0.891. The van der Waals surface area contributed by atoms with Gasteiger partial charge in [-0.3, -0.25) is 0 Å². The summed E-state index contributed by atoms with van der Waals surface area (Å²) in [6, 6.07) is 0.471. The number of nitrogens with one attached hydrogen (secondary N) is 1. The molecule has 1 saturated carbocycles. The van der Waals surface area contributed by atoms with Crippen molar-refractivity contribution in [2.75, 3.05) is 6.54 Å². The van der Waals surface area contributed by atoms with E-state index in [1.165, 1.54) is 56.2 Å². The minimum Gasteiger partial charge on any atom is -0.310 e. The number of rotatable bonds is 5. The third-order valence-electron chi connectivity index (χ3n) is 4.68. The fourth-order valence-electron chi connectivity index (χ4n) is 3.54. The molecule has 4 heteroatoms. The molecular formula is C17H27N3S. The maximum Gasteiger partial charge on any atom is 0.138 e. The van der Waals surface area contributed by atoms with Gasteiger partial charge in [0, 0.05) is 28.7 Å². The van der Waals surface area contributed by atoms with Crippen molar-refractivity contribution < 1.29 is 0 Å². The van der Waals surface area contributed by atoms with Crippen LogP contribution in [0.4, 0.5) is 0 Å². The molecule has 0 spiro atoms. The highest BCUT2D eigenvalue weighted by Crippen LogP contribution is 2.31. The van der Waals surface area contributed by atoms with Crippen molar-refractivity contribution in [3.05, 3.63) is 23.3 Å². The topological polar surface area (TPSA) is 37.8 Å². The lowest BCUT2D eigenvalue weighted by Gasteiger charge is -2.25. The number of aromatic nitrogens is 2. The molecule has 0 amide bonds. The minimum absolute atomic E-state index is 0.471. The first-order valence-corrected chi connectivity index (χ1v) is 9.61. The van der Waals surface area contributed by atoms with Crippen molar-refractivity contribution in [3.8, 4) is 0 Å². The van der Waals surface area contributed by atoms with Crippen molar-refractivity contribution in [2.45, 2.75) is 75.3 Å². The molecule has 2 aliphatic carbocycles. The summed E-state index contributed by atoms with van der Waals surface area (Å²) in [5.41, 5.74) is 2.64. The summed E-state index contributed by atoms with van der Waals surface area (Å²) < 4.78 is 0. The summed E-state index contributed by atoms with van der Waals surface area (Å²) in [7, 11) is 0. The van der Waals surface area contributed by atoms with Crippen LogP contribution in [0, 0.1) is 0 Å². The van der Waals surface area contributed by atoms with Crippen molar-refractivity contribution in [3.63, 3.8) is 0 Å². The third kappa shape index (κ3) is 3.98. The van der Waals surface area contributed by atoms with Crippen LogP contribution in [-0.4, -0.2) is 21.8 Å². The largest absolute Gasteiger partial charge is 0.310 e. The molecular weight excluding hydrogens is 278 g/mol. The van der Waals surface area contributed by atoms with Gasteiger partial charge in [-0.15, -0.1) is 0 Å². The van der Waals surface area contributed by atoms with E-state index in [0.29, 0.717) is 6.04 Å². The van der Waals surface area contributed by atoms with E-state index in [1.807, 2.05) is 0 Å². The average Bonchev–Trinajstić information content (AvgIpc) is 2.54. The second-order valence-electron chi connectivity index (χ2n) is 6.26. The van der Waals surface area contributed by atoms with Crippen LogP contribution in [0.1, 0.15) is 75.0 Å². The zero-order chi connectivity index (χ0) is 14.5. The van der Waals surface area contributed by atoms with Crippen LogP contribution in [0.15, 0.2) is 6.20 Å². The average molecular weight is 305 g/mol. The highest BCUT2D eigenvalue weighted by Gasteiger charge is 2.21. The Morgan fingerprint density at radius 2 is 2.05 bits per heavy atom. The molecule has 3 rings (SSSR count). The van der Waals surface area contributed by atoms with Crippen LogP contribution in [-0.2, 0) is 12.2 Å². The van der Waals surface area contributed by atoms with Gasteiger partial charge in [0.05, 0.1) is 5.75 Å². The summed E-state index contributed by atoms with van der Waals surface area (Å²) in [6.45, 7) is 3.19. The standard InChI is InChI=1S/C17H27N3S/c1-2-18-15-9-6-10-16-14(15)11-19-17(20-16)12-21-13-7-4-3-5-8-13/h11,13,15,18H,2-10,12H2,1H3. The molecule has 0 saturated heterocycles. The number of aryl methyl sites for hydroxylation is 1. The Kier molecular flexibility index (Phi) is 5.53. The summed E-state index contributed by atoms with van der Waals surface area (Å²) in [6.07, 6.45) is 12.7. The van der Waals surface area contributed by atoms with Gasteiger partial charge in [0.25, 0.3) is 0 Å². The van der Waals surface area contributed by atoms with Gasteiger partial charge in [0.2, 0.25) is 0 Å². The van der Waals surface area contributed by atoms with E-state index >= 15 is 0 Å². The normalized spacial score (nSPS) is 23.0. The highest BCUT2D eigenvalue weighted by molar-refractivity contribution is 7.99. The fourth-order valence-corrected chi connectivity index (χ4v) is 4.73. The van der Waals surface area contributed by atoms with Gasteiger partial charge >= 0.3 is 0 Å². The first-order valence-electron chi connectivity index (χ1n) is 8.56. The lowest BCUT2D eigenvalue weighted by atomic mass is 9.92. The van der Waals surface area contributed by atoms with Crippen LogP contribution in [0.5, 0.6) is 0 Å². The van der Waals surface area contributed by atoms with Gasteiger partial charge in [-0.25, -0.2) is 9.97 Å². The number of nitrogens with zero attached hydrogens (tertiary/aromatic N) is 2. The van der Waals surface area contributed by atoms with E-state index in [2.05, 4.69) is 35.2 Å². The van der Waals surface area contributed by atoms with E-state index in [4.69, 9.17) is 4.98 Å². The SMILES string of the molecule is CCNC1CCCc2nc(CSC3CCCCC3)ncc21. The number of fused-ring (bicyclic) bond motifs is 1. The number of hydrogen-bond acceptors (Lipinski definition) is 4. The smallest absolute Gasteiger partial charge is 0.138 e. The molecule has 0 aliphatic heterocycles. The minimum atomic E-state index is 0.471. The van der Waals surface area contributed by atoms with Gasteiger partial charge in [0.15, 0.2) is 0 Å². The molecule has 21 heavy (non-hydrogen) atoms. The summed E-state index contributed by atoms with van der Waals surface area (Å²) in [4.78, 5) is 9.50. The molecule has 1 heterocycles. The molecule has 1 N–H and O–H groups in total. The van der Waals surface area contributed by atoms with E-state index in [1.54, 1.807) is 0 Å². The van der Waals surface area contributed by atoms with Crippen molar-refractivity contribution in [2.24, 2.45) is 0 Å². The first kappa shape index (κ1) is 15.3. The number of thioether (sulfide) groups is 1. The summed E-state index contributed by atoms with van der Waals surface area (Å²) in [5, 5.41) is 4.40. The van der Waals surface area contributed by atoms with Crippen molar-refractivity contribution >= 4 is 11.8 Å². The molecule has 0 aromatic carbocycles. The molecule has 116 valence electrons. The van der Waals surface area contributed by atoms with Gasteiger partial charge in [-0.1, -0.05) is 26.2 Å². The molecule has 1 atom stereocenters. The highest BCUT2D eigenvalue weighted by atomic mass is 32.2. The number of hydrogen-bond donors (Lipinski definition) is 1. The van der Waals surface area contributed by atoms with Gasteiger partial charge in [0.1, 0.15) is 5.82 Å². The molecule has 1 aromatic heterocycles. The van der Waals surface area contributed by atoms with Crippen LogP contribution in [0.3, 0.4) is 0 Å². The molecule has 0 bridgehead atoms. The molecule has 1 fully saturated rings. The monoisotopic (exact) mass is 305 g/mol. The second-order valence-corrected chi connectivity index (χ2v) is 7.55. The Hall–Kier alpha value is -0.610. The zero-order valence-corrected chi connectivity index (χ0v) is 13.9. The van der Waals surface area contributed by atoms with E-state index in [9.17, 15) is 0 Å². The fraction of sp³-hybridized carbons (Fsp3) is 0.765. The first-order chi connectivity index (χ1) is 10.4. The Morgan fingerprint density at radius 1 is 1.19 bits per heavy atom. The molecule has 0 radical (unpaired) electrons. The van der Waals surface area contributed by atoms with E-state index in [0.717, 1.165) is 29.8 Å². The molecule has 2 aliphatic rings. The van der Waals surface area contributed by atoms with Crippen molar-refractivity contribution in [1.29, 1.82) is 0 Å². The Labute approximate surface area is 132 Å². The predicted molar refractivity (Wildman–Crippen MR) is 89.6 cm³/mol. The Balaban J connectivity index is 1.62. The molecule has 1 aromatic rings. The lowest BCUT2D eigenvalue weighted by molar-refractivity contribution is 0.463. The van der Waals surface area contributed by atoms with Crippen LogP contribution < -0.4 is 5.32 Å². The maximum atomic E-state index is 4.86. The lowest BCUT2D eigenvalue weighted by Crippen LogP contribution is -2.26. The van der Waals surface area contributed by atoms with Crippen LogP contribution in [0.2, 0.25) is 0 Å². The second kappa shape index (κ2) is 7.59.